The lowest BCUT2D eigenvalue weighted by Gasteiger charge is -2.14. The van der Waals surface area contributed by atoms with Crippen LogP contribution in [0.5, 0.6) is 17.2 Å². The van der Waals surface area contributed by atoms with Crippen LogP contribution >= 0.6 is 0 Å². The van der Waals surface area contributed by atoms with Crippen LogP contribution in [0.15, 0.2) is 17.1 Å². The Bertz CT molecular complexity index is 515. The largest absolute Gasteiger partial charge is 0.496 e. The molecule has 0 aromatic heterocycles. The third-order valence-corrected chi connectivity index (χ3v) is 3.18. The summed E-state index contributed by atoms with van der Waals surface area (Å²) in [6.07, 6.45) is 3.30. The van der Waals surface area contributed by atoms with Gasteiger partial charge < -0.3 is 14.2 Å². The summed E-state index contributed by atoms with van der Waals surface area (Å²) >= 11 is 0. The van der Waals surface area contributed by atoms with Crippen LogP contribution in [-0.2, 0) is 10.3 Å². The number of aliphatic imine (C=N–C) groups is 1. The minimum atomic E-state index is -0.464. The van der Waals surface area contributed by atoms with Crippen molar-refractivity contribution in [1.82, 2.24) is 0 Å². The van der Waals surface area contributed by atoms with Gasteiger partial charge in [-0.3, -0.25) is 0 Å². The molecule has 1 aromatic carbocycles. The summed E-state index contributed by atoms with van der Waals surface area (Å²) in [6.45, 7) is 0.214. The minimum Gasteiger partial charge on any atom is -0.496 e. The number of benzene rings is 1. The van der Waals surface area contributed by atoms with Gasteiger partial charge in [-0.05, 0) is 18.9 Å². The lowest BCUT2D eigenvalue weighted by atomic mass is 10.0. The van der Waals surface area contributed by atoms with Gasteiger partial charge >= 0.3 is 0 Å². The van der Waals surface area contributed by atoms with Gasteiger partial charge in [0.15, 0.2) is 11.5 Å². The van der Waals surface area contributed by atoms with Gasteiger partial charge in [-0.25, -0.2) is 4.79 Å². The first-order chi connectivity index (χ1) is 8.29. The first-order valence-corrected chi connectivity index (χ1v) is 5.36. The fourth-order valence-corrected chi connectivity index (χ4v) is 2.10. The van der Waals surface area contributed by atoms with Gasteiger partial charge in [0.2, 0.25) is 12.9 Å². The predicted octanol–water partition coefficient (Wildman–Crippen LogP) is 1.75. The number of ether oxygens (including phenoxy) is 3. The second-order valence-electron chi connectivity index (χ2n) is 4.14. The van der Waals surface area contributed by atoms with E-state index in [-0.39, 0.29) is 6.79 Å². The molecule has 0 saturated heterocycles. The molecule has 1 aliphatic heterocycles. The van der Waals surface area contributed by atoms with Crippen LogP contribution in [0.4, 0.5) is 0 Å². The zero-order valence-corrected chi connectivity index (χ0v) is 9.36. The molecule has 1 aromatic rings. The topological polar surface area (TPSA) is 57.1 Å². The molecule has 0 radical (unpaired) electrons. The summed E-state index contributed by atoms with van der Waals surface area (Å²) in [5.41, 5.74) is 0.404. The minimum absolute atomic E-state index is 0.214. The van der Waals surface area contributed by atoms with Crippen molar-refractivity contribution in [3.05, 3.63) is 17.7 Å². The lowest BCUT2D eigenvalue weighted by molar-refractivity contribution is 0.174. The van der Waals surface area contributed by atoms with Crippen molar-refractivity contribution in [1.29, 1.82) is 0 Å². The fourth-order valence-electron chi connectivity index (χ4n) is 2.10. The quantitative estimate of drug-likeness (QED) is 0.589. The number of methoxy groups -OCH3 is 1. The second kappa shape index (κ2) is 3.50. The highest BCUT2D eigenvalue weighted by Crippen LogP contribution is 2.54. The second-order valence-corrected chi connectivity index (χ2v) is 4.14. The van der Waals surface area contributed by atoms with E-state index in [2.05, 4.69) is 4.99 Å². The van der Waals surface area contributed by atoms with E-state index in [9.17, 15) is 4.79 Å². The number of nitrogens with zero attached hydrogens (tertiary/aromatic N) is 1. The molecule has 5 heteroatoms. The molecule has 1 aliphatic carbocycles. The Morgan fingerprint density at radius 1 is 1.35 bits per heavy atom. The maximum absolute atomic E-state index is 10.5. The standard InChI is InChI=1S/C12H11NO4/c1-15-9-5-11-10(16-7-17-11)4-8(9)12(2-3-12)13-6-14/h4-5H,2-3,7H2,1H3. The molecule has 0 spiro atoms. The van der Waals surface area contributed by atoms with E-state index in [0.717, 1.165) is 18.4 Å². The Labute approximate surface area is 98.0 Å². The van der Waals surface area contributed by atoms with Crippen molar-refractivity contribution in [3.8, 4) is 17.2 Å². The summed E-state index contributed by atoms with van der Waals surface area (Å²) in [5.74, 6) is 2.01. The van der Waals surface area contributed by atoms with Crippen molar-refractivity contribution < 1.29 is 19.0 Å². The zero-order chi connectivity index (χ0) is 11.9. The molecule has 1 saturated carbocycles. The molecule has 88 valence electrons. The van der Waals surface area contributed by atoms with E-state index in [1.807, 2.05) is 6.07 Å². The third kappa shape index (κ3) is 1.47. The molecule has 0 atom stereocenters. The summed E-state index contributed by atoms with van der Waals surface area (Å²) in [7, 11) is 1.59. The Kier molecular flexibility index (Phi) is 2.09. The summed E-state index contributed by atoms with van der Waals surface area (Å²) in [5, 5.41) is 0. The van der Waals surface area contributed by atoms with Gasteiger partial charge in [-0.1, -0.05) is 0 Å². The molecule has 1 fully saturated rings. The van der Waals surface area contributed by atoms with Crippen LogP contribution < -0.4 is 14.2 Å². The van der Waals surface area contributed by atoms with E-state index in [4.69, 9.17) is 14.2 Å². The molecule has 0 unspecified atom stereocenters. The maximum atomic E-state index is 10.5. The van der Waals surface area contributed by atoms with Crippen molar-refractivity contribution >= 4 is 6.08 Å². The Morgan fingerprint density at radius 2 is 2.06 bits per heavy atom. The molecular formula is C12H11NO4. The molecule has 5 nitrogen and oxygen atoms in total. The monoisotopic (exact) mass is 233 g/mol. The van der Waals surface area contributed by atoms with Crippen molar-refractivity contribution in [2.45, 2.75) is 18.4 Å². The number of fused-ring (bicyclic) bond motifs is 1. The summed E-state index contributed by atoms with van der Waals surface area (Å²) in [6, 6.07) is 3.62. The molecule has 0 N–H and O–H groups in total. The summed E-state index contributed by atoms with van der Waals surface area (Å²) in [4.78, 5) is 14.4. The average Bonchev–Trinajstić information content (AvgIpc) is 2.98. The van der Waals surface area contributed by atoms with Crippen LogP contribution in [0.25, 0.3) is 0 Å². The van der Waals surface area contributed by atoms with Crippen LogP contribution in [0, 0.1) is 0 Å². The Hall–Kier alpha value is -2.00. The van der Waals surface area contributed by atoms with Gasteiger partial charge in [0, 0.05) is 11.6 Å². The number of hydrogen-bond acceptors (Lipinski definition) is 5. The van der Waals surface area contributed by atoms with Gasteiger partial charge in [0.05, 0.1) is 7.11 Å². The first kappa shape index (κ1) is 10.2. The average molecular weight is 233 g/mol. The molecule has 17 heavy (non-hydrogen) atoms. The number of hydrogen-bond donors (Lipinski definition) is 0. The van der Waals surface area contributed by atoms with Gasteiger partial charge in [0.1, 0.15) is 11.3 Å². The van der Waals surface area contributed by atoms with E-state index in [1.165, 1.54) is 0 Å². The smallest absolute Gasteiger partial charge is 0.235 e. The highest BCUT2D eigenvalue weighted by molar-refractivity contribution is 5.56. The normalized spacial score (nSPS) is 18.4. The van der Waals surface area contributed by atoms with Crippen molar-refractivity contribution in [2.24, 2.45) is 4.99 Å². The van der Waals surface area contributed by atoms with E-state index in [1.54, 1.807) is 19.3 Å². The predicted molar refractivity (Wildman–Crippen MR) is 58.2 cm³/mol. The van der Waals surface area contributed by atoms with Crippen LogP contribution in [0.3, 0.4) is 0 Å². The third-order valence-electron chi connectivity index (χ3n) is 3.18. The summed E-state index contributed by atoms with van der Waals surface area (Å²) < 4.78 is 15.9. The molecular weight excluding hydrogens is 222 g/mol. The highest BCUT2D eigenvalue weighted by Gasteiger charge is 2.47. The van der Waals surface area contributed by atoms with E-state index < -0.39 is 5.54 Å². The Balaban J connectivity index is 2.12. The highest BCUT2D eigenvalue weighted by atomic mass is 16.7. The van der Waals surface area contributed by atoms with Crippen LogP contribution in [0.1, 0.15) is 18.4 Å². The molecule has 3 rings (SSSR count). The maximum Gasteiger partial charge on any atom is 0.235 e. The number of carbonyl (C=O) groups excluding carboxylic acids is 1. The van der Waals surface area contributed by atoms with E-state index in [0.29, 0.717) is 17.2 Å². The van der Waals surface area contributed by atoms with Gasteiger partial charge in [-0.15, -0.1) is 0 Å². The number of isocyanates is 1. The SMILES string of the molecule is COc1cc2c(cc1C1(N=C=O)CC1)OCO2. The zero-order valence-electron chi connectivity index (χ0n) is 9.36. The van der Waals surface area contributed by atoms with Crippen molar-refractivity contribution in [2.75, 3.05) is 13.9 Å². The fraction of sp³-hybridized carbons (Fsp3) is 0.417. The van der Waals surface area contributed by atoms with Crippen LogP contribution in [0.2, 0.25) is 0 Å². The van der Waals surface area contributed by atoms with Gasteiger partial charge in [0.25, 0.3) is 0 Å². The molecule has 0 bridgehead atoms. The lowest BCUT2D eigenvalue weighted by Crippen LogP contribution is -2.05. The molecule has 2 aliphatic rings. The van der Waals surface area contributed by atoms with Gasteiger partial charge in [-0.2, -0.15) is 4.99 Å². The number of rotatable bonds is 3. The van der Waals surface area contributed by atoms with Crippen molar-refractivity contribution in [3.63, 3.8) is 0 Å². The molecule has 0 amide bonds. The van der Waals surface area contributed by atoms with Crippen LogP contribution in [-0.4, -0.2) is 20.0 Å². The van der Waals surface area contributed by atoms with E-state index >= 15 is 0 Å². The first-order valence-electron chi connectivity index (χ1n) is 5.36. The Morgan fingerprint density at radius 3 is 2.65 bits per heavy atom. The molecule has 1 heterocycles.